The molecule has 1 aromatic carbocycles. The van der Waals surface area contributed by atoms with Gasteiger partial charge in [0.05, 0.1) is 12.8 Å². The molecule has 0 radical (unpaired) electrons. The standard InChI is InChI=1S/C15H20F3NO2S/c1-14(2,3)22(20)19-11-12-5-7-13(8-6-12)21-10-4-9-15(16,17)18/h5-8,11H,4,9-10H2,1-3H3. The lowest BCUT2D eigenvalue weighted by molar-refractivity contribution is -0.136. The van der Waals surface area contributed by atoms with Gasteiger partial charge in [-0.3, -0.25) is 0 Å². The van der Waals surface area contributed by atoms with Gasteiger partial charge in [-0.25, -0.2) is 0 Å². The van der Waals surface area contributed by atoms with Crippen molar-refractivity contribution >= 4 is 17.6 Å². The maximum Gasteiger partial charge on any atom is 0.389 e. The molecule has 0 aliphatic carbocycles. The molecule has 0 fully saturated rings. The Hall–Kier alpha value is -1.21. The SMILES string of the molecule is CC(C)(C)[S+]([O-])N=Cc1ccc(OCCCC(F)(F)F)cc1. The fourth-order valence-electron chi connectivity index (χ4n) is 1.38. The van der Waals surface area contributed by atoms with E-state index in [1.165, 1.54) is 6.21 Å². The normalized spacial score (nSPS) is 14.3. The van der Waals surface area contributed by atoms with Crippen LogP contribution in [0.1, 0.15) is 39.2 Å². The van der Waals surface area contributed by atoms with Crippen molar-refractivity contribution in [3.63, 3.8) is 0 Å². The first kappa shape index (κ1) is 18.8. The highest BCUT2D eigenvalue weighted by Crippen LogP contribution is 2.22. The van der Waals surface area contributed by atoms with Crippen LogP contribution in [0.15, 0.2) is 28.7 Å². The fraction of sp³-hybridized carbons (Fsp3) is 0.533. The Morgan fingerprint density at radius 3 is 2.27 bits per heavy atom. The molecule has 124 valence electrons. The lowest BCUT2D eigenvalue weighted by Crippen LogP contribution is -2.25. The van der Waals surface area contributed by atoms with Crippen LogP contribution in [-0.2, 0) is 11.4 Å². The minimum Gasteiger partial charge on any atom is -0.591 e. The number of rotatable bonds is 6. The van der Waals surface area contributed by atoms with Crippen molar-refractivity contribution in [1.29, 1.82) is 0 Å². The van der Waals surface area contributed by atoms with Crippen LogP contribution in [0.5, 0.6) is 5.75 Å². The molecule has 0 aliphatic rings. The highest BCUT2D eigenvalue weighted by Gasteiger charge is 2.26. The topological polar surface area (TPSA) is 44.7 Å². The van der Waals surface area contributed by atoms with Crippen molar-refractivity contribution in [2.45, 2.75) is 44.5 Å². The summed E-state index contributed by atoms with van der Waals surface area (Å²) >= 11 is -1.33. The van der Waals surface area contributed by atoms with Gasteiger partial charge in [-0.1, -0.05) is 4.40 Å². The summed E-state index contributed by atoms with van der Waals surface area (Å²) in [4.78, 5) is 0. The van der Waals surface area contributed by atoms with Gasteiger partial charge in [-0.05, 0) is 57.0 Å². The Morgan fingerprint density at radius 2 is 1.77 bits per heavy atom. The van der Waals surface area contributed by atoms with E-state index in [0.29, 0.717) is 5.75 Å². The molecule has 0 aromatic heterocycles. The summed E-state index contributed by atoms with van der Waals surface area (Å²) in [7, 11) is 0. The van der Waals surface area contributed by atoms with Crippen LogP contribution in [0.4, 0.5) is 13.2 Å². The monoisotopic (exact) mass is 335 g/mol. The van der Waals surface area contributed by atoms with E-state index in [4.69, 9.17) is 4.74 Å². The van der Waals surface area contributed by atoms with Gasteiger partial charge in [0.2, 0.25) is 0 Å². The van der Waals surface area contributed by atoms with Crippen molar-refractivity contribution in [2.24, 2.45) is 4.40 Å². The molecule has 22 heavy (non-hydrogen) atoms. The molecular formula is C15H20F3NO2S. The molecule has 0 heterocycles. The van der Waals surface area contributed by atoms with Gasteiger partial charge in [-0.15, -0.1) is 0 Å². The number of nitrogens with zero attached hydrogens (tertiary/aromatic N) is 1. The molecule has 1 unspecified atom stereocenters. The van der Waals surface area contributed by atoms with E-state index >= 15 is 0 Å². The van der Waals surface area contributed by atoms with Gasteiger partial charge >= 0.3 is 6.18 Å². The summed E-state index contributed by atoms with van der Waals surface area (Å²) in [6, 6.07) is 6.72. The van der Waals surface area contributed by atoms with E-state index in [9.17, 15) is 17.7 Å². The van der Waals surface area contributed by atoms with Crippen LogP contribution >= 0.6 is 0 Å². The molecule has 0 saturated heterocycles. The van der Waals surface area contributed by atoms with Crippen LogP contribution in [0.25, 0.3) is 0 Å². The van der Waals surface area contributed by atoms with Crippen molar-refractivity contribution in [3.05, 3.63) is 29.8 Å². The van der Waals surface area contributed by atoms with Crippen molar-refractivity contribution in [3.8, 4) is 5.75 Å². The minimum absolute atomic E-state index is 0.0149. The Balaban J connectivity index is 2.45. The first-order valence-electron chi connectivity index (χ1n) is 6.83. The van der Waals surface area contributed by atoms with Gasteiger partial charge in [0.25, 0.3) is 0 Å². The number of halogens is 3. The molecule has 0 spiro atoms. The molecule has 0 amide bonds. The first-order chi connectivity index (χ1) is 10.1. The van der Waals surface area contributed by atoms with E-state index in [1.807, 2.05) is 20.8 Å². The van der Waals surface area contributed by atoms with Crippen LogP contribution in [0, 0.1) is 0 Å². The summed E-state index contributed by atoms with van der Waals surface area (Å²) in [5.41, 5.74) is 0.750. The third kappa shape index (κ3) is 7.70. The van der Waals surface area contributed by atoms with Crippen LogP contribution in [0.3, 0.4) is 0 Å². The van der Waals surface area contributed by atoms with Crippen LogP contribution in [-0.4, -0.2) is 28.3 Å². The molecule has 1 atom stereocenters. The predicted molar refractivity (Wildman–Crippen MR) is 82.7 cm³/mol. The fourth-order valence-corrected chi connectivity index (χ4v) is 1.91. The number of hydrogen-bond acceptors (Lipinski definition) is 3. The lowest BCUT2D eigenvalue weighted by Gasteiger charge is -2.17. The van der Waals surface area contributed by atoms with Gasteiger partial charge in [-0.2, -0.15) is 13.2 Å². The summed E-state index contributed by atoms with van der Waals surface area (Å²) < 4.78 is 56.5. The Kier molecular flexibility index (Phi) is 6.74. The molecule has 1 rings (SSSR count). The second-order valence-electron chi connectivity index (χ2n) is 5.73. The van der Waals surface area contributed by atoms with Crippen molar-refractivity contribution in [2.75, 3.05) is 6.61 Å². The molecular weight excluding hydrogens is 315 g/mol. The number of alkyl halides is 3. The summed E-state index contributed by atoms with van der Waals surface area (Å²) in [5, 5.41) is 0. The molecule has 0 N–H and O–H groups in total. The second-order valence-corrected chi connectivity index (χ2v) is 7.67. The van der Waals surface area contributed by atoms with Crippen LogP contribution < -0.4 is 4.74 Å². The molecule has 0 aliphatic heterocycles. The van der Waals surface area contributed by atoms with E-state index in [1.54, 1.807) is 24.3 Å². The lowest BCUT2D eigenvalue weighted by atomic mass is 10.2. The molecule has 1 aromatic rings. The van der Waals surface area contributed by atoms with Crippen molar-refractivity contribution < 1.29 is 22.5 Å². The number of hydrogen-bond donors (Lipinski definition) is 0. The van der Waals surface area contributed by atoms with Gasteiger partial charge in [0.1, 0.15) is 21.9 Å². The highest BCUT2D eigenvalue weighted by atomic mass is 32.2. The van der Waals surface area contributed by atoms with Gasteiger partial charge in [0.15, 0.2) is 0 Å². The molecule has 3 nitrogen and oxygen atoms in total. The average Bonchev–Trinajstić information content (AvgIpc) is 2.40. The third-order valence-corrected chi connectivity index (χ3v) is 3.92. The largest absolute Gasteiger partial charge is 0.591 e. The number of benzene rings is 1. The molecule has 0 saturated carbocycles. The highest BCUT2D eigenvalue weighted by molar-refractivity contribution is 7.91. The van der Waals surface area contributed by atoms with Gasteiger partial charge in [0, 0.05) is 6.42 Å². The minimum atomic E-state index is -4.15. The Labute approximate surface area is 131 Å². The summed E-state index contributed by atoms with van der Waals surface area (Å²) in [6.45, 7) is 5.51. The second kappa shape index (κ2) is 7.87. The van der Waals surface area contributed by atoms with Crippen LogP contribution in [0.2, 0.25) is 0 Å². The Bertz CT molecular complexity index is 481. The van der Waals surface area contributed by atoms with E-state index in [-0.39, 0.29) is 13.0 Å². The summed E-state index contributed by atoms with van der Waals surface area (Å²) in [6.07, 6.45) is -3.56. The average molecular weight is 335 g/mol. The number of ether oxygens (including phenoxy) is 1. The van der Waals surface area contributed by atoms with Gasteiger partial charge < -0.3 is 9.29 Å². The quantitative estimate of drug-likeness (QED) is 0.442. The van der Waals surface area contributed by atoms with E-state index in [2.05, 4.69) is 4.40 Å². The first-order valence-corrected chi connectivity index (χ1v) is 7.94. The molecule has 7 heteroatoms. The maximum absolute atomic E-state index is 12.0. The maximum atomic E-state index is 12.0. The smallest absolute Gasteiger partial charge is 0.389 e. The summed E-state index contributed by atoms with van der Waals surface area (Å²) in [5.74, 6) is 0.497. The zero-order valence-electron chi connectivity index (χ0n) is 12.8. The predicted octanol–water partition coefficient (Wildman–Crippen LogP) is 4.29. The zero-order chi connectivity index (χ0) is 16.8. The molecule has 0 bridgehead atoms. The van der Waals surface area contributed by atoms with E-state index < -0.39 is 28.7 Å². The van der Waals surface area contributed by atoms with E-state index in [0.717, 1.165) is 5.56 Å². The zero-order valence-corrected chi connectivity index (χ0v) is 13.6. The third-order valence-electron chi connectivity index (χ3n) is 2.57. The Morgan fingerprint density at radius 1 is 1.18 bits per heavy atom. The van der Waals surface area contributed by atoms with Crippen molar-refractivity contribution in [1.82, 2.24) is 0 Å².